The molecule has 0 aliphatic carbocycles. The monoisotopic (exact) mass is 192 g/mol. The fraction of sp³-hybridized carbons (Fsp3) is 0.364. The Balaban J connectivity index is 2.79. The van der Waals surface area contributed by atoms with Gasteiger partial charge in [-0.15, -0.1) is 0 Å². The van der Waals surface area contributed by atoms with Crippen molar-refractivity contribution in [1.82, 2.24) is 4.90 Å². The maximum absolute atomic E-state index is 5.02. The van der Waals surface area contributed by atoms with Crippen LogP contribution in [0.3, 0.4) is 0 Å². The Bertz CT molecular complexity index is 311. The Kier molecular flexibility index (Phi) is 3.51. The van der Waals surface area contributed by atoms with Crippen molar-refractivity contribution >= 4 is 5.84 Å². The molecule has 0 aromatic heterocycles. The zero-order valence-electron chi connectivity index (χ0n) is 8.95. The van der Waals surface area contributed by atoms with E-state index in [9.17, 15) is 0 Å². The lowest BCUT2D eigenvalue weighted by Crippen LogP contribution is -2.21. The second-order valence-electron chi connectivity index (χ2n) is 3.39. The summed E-state index contributed by atoms with van der Waals surface area (Å²) in [4.78, 5) is 6.96. The zero-order chi connectivity index (χ0) is 10.6. The van der Waals surface area contributed by atoms with E-state index in [-0.39, 0.29) is 0 Å². The van der Waals surface area contributed by atoms with Gasteiger partial charge >= 0.3 is 0 Å². The molecule has 0 aromatic carbocycles. The van der Waals surface area contributed by atoms with Crippen molar-refractivity contribution in [2.45, 2.75) is 6.92 Å². The van der Waals surface area contributed by atoms with Crippen molar-refractivity contribution in [2.75, 3.05) is 20.7 Å². The van der Waals surface area contributed by atoms with Crippen molar-refractivity contribution in [1.29, 1.82) is 0 Å². The molecule has 76 valence electrons. The normalized spacial score (nSPS) is 19.2. The zero-order valence-corrected chi connectivity index (χ0v) is 8.95. The average molecular weight is 192 g/mol. The summed E-state index contributed by atoms with van der Waals surface area (Å²) in [6, 6.07) is 0. The molecular formula is C11H16N2O. The molecule has 3 nitrogen and oxygen atoms in total. The first-order valence-electron chi connectivity index (χ1n) is 4.52. The summed E-state index contributed by atoms with van der Waals surface area (Å²) in [6.07, 6.45) is 5.85. The molecule has 0 bridgehead atoms. The lowest BCUT2D eigenvalue weighted by atomic mass is 10.2. The third kappa shape index (κ3) is 2.49. The molecule has 14 heavy (non-hydrogen) atoms. The van der Waals surface area contributed by atoms with E-state index in [1.807, 2.05) is 44.1 Å². The predicted molar refractivity (Wildman–Crippen MR) is 59.1 cm³/mol. The summed E-state index contributed by atoms with van der Waals surface area (Å²) in [5.74, 6) is 0.887. The van der Waals surface area contributed by atoms with Gasteiger partial charge < -0.3 is 9.74 Å². The van der Waals surface area contributed by atoms with E-state index in [0.29, 0.717) is 6.61 Å². The van der Waals surface area contributed by atoms with Gasteiger partial charge in [-0.1, -0.05) is 35.5 Å². The van der Waals surface area contributed by atoms with Crippen LogP contribution in [0.25, 0.3) is 0 Å². The Hall–Kier alpha value is -1.51. The number of rotatable bonds is 2. The van der Waals surface area contributed by atoms with Gasteiger partial charge in [0.25, 0.3) is 0 Å². The molecule has 1 aliphatic rings. The van der Waals surface area contributed by atoms with Crippen LogP contribution in [0.4, 0.5) is 0 Å². The summed E-state index contributed by atoms with van der Waals surface area (Å²) in [5, 5.41) is 3.94. The number of amidine groups is 1. The van der Waals surface area contributed by atoms with Gasteiger partial charge in [-0.05, 0) is 6.92 Å². The molecule has 1 rings (SSSR count). The Morgan fingerprint density at radius 3 is 2.86 bits per heavy atom. The number of hydrogen-bond acceptors (Lipinski definition) is 3. The molecule has 0 atom stereocenters. The Morgan fingerprint density at radius 1 is 1.57 bits per heavy atom. The predicted octanol–water partition coefficient (Wildman–Crippen LogP) is 1.95. The molecule has 0 saturated heterocycles. The van der Waals surface area contributed by atoms with E-state index in [2.05, 4.69) is 11.7 Å². The lowest BCUT2D eigenvalue weighted by molar-refractivity contribution is 0.186. The van der Waals surface area contributed by atoms with Crippen LogP contribution in [0, 0.1) is 0 Å². The molecule has 0 N–H and O–H groups in total. The third-order valence-corrected chi connectivity index (χ3v) is 1.95. The molecule has 0 radical (unpaired) electrons. The SMILES string of the molecule is C=C/C(C)=C\C=C1CON=C1N(C)C. The van der Waals surface area contributed by atoms with E-state index in [4.69, 9.17) is 4.84 Å². The van der Waals surface area contributed by atoms with Crippen molar-refractivity contribution in [3.05, 3.63) is 36.0 Å². The van der Waals surface area contributed by atoms with Crippen LogP contribution in [0.5, 0.6) is 0 Å². The van der Waals surface area contributed by atoms with Gasteiger partial charge in [0.2, 0.25) is 0 Å². The minimum atomic E-state index is 0.550. The van der Waals surface area contributed by atoms with Gasteiger partial charge in [-0.2, -0.15) is 0 Å². The summed E-state index contributed by atoms with van der Waals surface area (Å²) in [5.41, 5.74) is 2.22. The molecule has 1 heterocycles. The van der Waals surface area contributed by atoms with Crippen LogP contribution in [0.2, 0.25) is 0 Å². The van der Waals surface area contributed by atoms with Gasteiger partial charge in [-0.25, -0.2) is 0 Å². The molecule has 3 heteroatoms. The lowest BCUT2D eigenvalue weighted by Gasteiger charge is -2.10. The highest BCUT2D eigenvalue weighted by atomic mass is 16.6. The van der Waals surface area contributed by atoms with Crippen molar-refractivity contribution in [2.24, 2.45) is 5.16 Å². The minimum absolute atomic E-state index is 0.550. The number of likely N-dealkylation sites (N-methyl/N-ethyl adjacent to an activating group) is 1. The fourth-order valence-corrected chi connectivity index (χ4v) is 1.08. The Labute approximate surface area is 85.0 Å². The summed E-state index contributed by atoms with van der Waals surface area (Å²) in [7, 11) is 3.90. The van der Waals surface area contributed by atoms with E-state index in [1.165, 1.54) is 0 Å². The van der Waals surface area contributed by atoms with E-state index in [0.717, 1.165) is 17.0 Å². The molecule has 1 aliphatic heterocycles. The molecule has 0 spiro atoms. The van der Waals surface area contributed by atoms with Crippen LogP contribution >= 0.6 is 0 Å². The van der Waals surface area contributed by atoms with E-state index < -0.39 is 0 Å². The van der Waals surface area contributed by atoms with Crippen molar-refractivity contribution in [3.63, 3.8) is 0 Å². The highest BCUT2D eigenvalue weighted by Gasteiger charge is 2.16. The van der Waals surface area contributed by atoms with Gasteiger partial charge in [0.1, 0.15) is 6.61 Å². The summed E-state index contributed by atoms with van der Waals surface area (Å²) < 4.78 is 0. The van der Waals surface area contributed by atoms with Crippen molar-refractivity contribution < 1.29 is 4.84 Å². The second-order valence-corrected chi connectivity index (χ2v) is 3.39. The summed E-state index contributed by atoms with van der Waals surface area (Å²) in [6.45, 7) is 6.25. The number of nitrogens with zero attached hydrogens (tertiary/aromatic N) is 2. The Morgan fingerprint density at radius 2 is 2.29 bits per heavy atom. The van der Waals surface area contributed by atoms with Gasteiger partial charge in [0.15, 0.2) is 5.84 Å². The molecule has 0 fully saturated rings. The van der Waals surface area contributed by atoms with Gasteiger partial charge in [-0.3, -0.25) is 0 Å². The first-order chi connectivity index (χ1) is 6.65. The van der Waals surface area contributed by atoms with Gasteiger partial charge in [0.05, 0.1) is 0 Å². The quantitative estimate of drug-likeness (QED) is 0.625. The topological polar surface area (TPSA) is 24.8 Å². The standard InChI is InChI=1S/C11H16N2O/c1-5-9(2)6-7-10-8-14-12-11(10)13(3)4/h5-7H,1,8H2,2-4H3/b9-6-,10-7?. The van der Waals surface area contributed by atoms with Crippen LogP contribution in [-0.2, 0) is 4.84 Å². The molecule has 0 saturated carbocycles. The highest BCUT2D eigenvalue weighted by molar-refractivity contribution is 5.99. The molecule has 0 aromatic rings. The van der Waals surface area contributed by atoms with Crippen LogP contribution in [0.1, 0.15) is 6.92 Å². The fourth-order valence-electron chi connectivity index (χ4n) is 1.08. The van der Waals surface area contributed by atoms with Crippen molar-refractivity contribution in [3.8, 4) is 0 Å². The smallest absolute Gasteiger partial charge is 0.174 e. The van der Waals surface area contributed by atoms with E-state index in [1.54, 1.807) is 0 Å². The first kappa shape index (κ1) is 10.6. The highest BCUT2D eigenvalue weighted by Crippen LogP contribution is 2.11. The second kappa shape index (κ2) is 4.65. The molecular weight excluding hydrogens is 176 g/mol. The summed E-state index contributed by atoms with van der Waals surface area (Å²) >= 11 is 0. The number of oxime groups is 1. The number of hydrogen-bond donors (Lipinski definition) is 0. The molecule has 0 amide bonds. The third-order valence-electron chi connectivity index (χ3n) is 1.95. The first-order valence-corrected chi connectivity index (χ1v) is 4.52. The largest absolute Gasteiger partial charge is 0.389 e. The maximum Gasteiger partial charge on any atom is 0.174 e. The maximum atomic E-state index is 5.02. The van der Waals surface area contributed by atoms with Crippen LogP contribution < -0.4 is 0 Å². The van der Waals surface area contributed by atoms with Crippen LogP contribution in [0.15, 0.2) is 41.1 Å². The average Bonchev–Trinajstić information content (AvgIpc) is 2.62. The van der Waals surface area contributed by atoms with Crippen LogP contribution in [-0.4, -0.2) is 31.4 Å². The number of allylic oxidation sites excluding steroid dienone is 4. The van der Waals surface area contributed by atoms with E-state index >= 15 is 0 Å². The minimum Gasteiger partial charge on any atom is -0.389 e. The molecule has 0 unspecified atom stereocenters. The van der Waals surface area contributed by atoms with Gasteiger partial charge in [0, 0.05) is 19.7 Å².